The Morgan fingerprint density at radius 1 is 0.525 bits per heavy atom. The van der Waals surface area contributed by atoms with Gasteiger partial charge in [-0.05, 0) is 34.8 Å². The van der Waals surface area contributed by atoms with Crippen molar-refractivity contribution in [2.75, 3.05) is 26.3 Å². The van der Waals surface area contributed by atoms with Gasteiger partial charge in [-0.15, -0.1) is 0 Å². The van der Waals surface area contributed by atoms with Crippen molar-refractivity contribution in [3.05, 3.63) is 83.9 Å². The number of likely N-dealkylation sites (tertiary alicyclic amines) is 2. The summed E-state index contributed by atoms with van der Waals surface area (Å²) < 4.78 is 11.5. The molecule has 6 aliphatic rings. The molecule has 0 unspecified atom stereocenters. The van der Waals surface area contributed by atoms with Crippen LogP contribution in [0.15, 0.2) is 72.8 Å². The highest BCUT2D eigenvalue weighted by Crippen LogP contribution is 2.68. The van der Waals surface area contributed by atoms with Crippen LogP contribution in [-0.4, -0.2) is 59.7 Å². The zero-order valence-electron chi connectivity index (χ0n) is 22.1. The van der Waals surface area contributed by atoms with Crippen molar-refractivity contribution in [2.45, 2.75) is 13.2 Å². The molecule has 2 aromatic carbocycles. The highest BCUT2D eigenvalue weighted by atomic mass is 16.5. The fraction of sp³-hybridized carbons (Fsp3) is 0.438. The van der Waals surface area contributed by atoms with E-state index in [1.807, 2.05) is 72.8 Å². The molecule has 4 aliphatic carbocycles. The van der Waals surface area contributed by atoms with Gasteiger partial charge >= 0.3 is 0 Å². The molecule has 40 heavy (non-hydrogen) atoms. The molecule has 2 saturated carbocycles. The van der Waals surface area contributed by atoms with E-state index in [-0.39, 0.29) is 73.6 Å². The molecule has 0 spiro atoms. The van der Waals surface area contributed by atoms with Crippen LogP contribution in [0.3, 0.4) is 0 Å². The average Bonchev–Trinajstić information content (AvgIpc) is 3.34. The third-order valence-electron chi connectivity index (χ3n) is 9.67. The Kier molecular flexibility index (Phi) is 6.40. The monoisotopic (exact) mass is 540 g/mol. The van der Waals surface area contributed by atoms with E-state index >= 15 is 0 Å². The summed E-state index contributed by atoms with van der Waals surface area (Å²) in [5, 5.41) is 0. The van der Waals surface area contributed by atoms with Crippen LogP contribution >= 0.6 is 0 Å². The fourth-order valence-corrected chi connectivity index (χ4v) is 8.01. The molecule has 8 atom stereocenters. The molecule has 2 saturated heterocycles. The molecular formula is C32H32N2O6. The van der Waals surface area contributed by atoms with Crippen LogP contribution in [0.2, 0.25) is 0 Å². The summed E-state index contributed by atoms with van der Waals surface area (Å²) >= 11 is 0. The van der Waals surface area contributed by atoms with Gasteiger partial charge in [0.05, 0.1) is 63.2 Å². The number of hydrogen-bond donors (Lipinski definition) is 0. The van der Waals surface area contributed by atoms with Crippen molar-refractivity contribution in [2.24, 2.45) is 47.3 Å². The number of carbonyl (C=O) groups excluding carboxylic acids is 4. The summed E-state index contributed by atoms with van der Waals surface area (Å²) in [6.45, 7) is 1.82. The van der Waals surface area contributed by atoms with Crippen LogP contribution in [-0.2, 0) is 41.9 Å². The highest BCUT2D eigenvalue weighted by molar-refractivity contribution is 6.09. The van der Waals surface area contributed by atoms with Crippen molar-refractivity contribution >= 4 is 23.6 Å². The number of amides is 4. The third-order valence-corrected chi connectivity index (χ3v) is 9.67. The Morgan fingerprint density at radius 2 is 0.900 bits per heavy atom. The van der Waals surface area contributed by atoms with Gasteiger partial charge in [0.25, 0.3) is 0 Å². The van der Waals surface area contributed by atoms with Gasteiger partial charge in [0.1, 0.15) is 0 Å². The standard InChI is InChI=1S/C32H32N2O6/c35-29-25-21-11-12-22(26(25)30(36)33(29)13-15-39-17-19-7-3-1-4-8-19)24-23(21)27-28(24)32(38)34(31(27)37)14-16-40-18-20-9-5-2-6-10-20/h1-12,21-28H,13-18H2/t21-,22+,23+,24-,25+,26-,27+,28-. The number of rotatable bonds is 10. The summed E-state index contributed by atoms with van der Waals surface area (Å²) in [6.07, 6.45) is 4.07. The Bertz CT molecular complexity index is 1300. The molecule has 0 N–H and O–H groups in total. The van der Waals surface area contributed by atoms with Crippen LogP contribution in [0.25, 0.3) is 0 Å². The van der Waals surface area contributed by atoms with Crippen LogP contribution in [0, 0.1) is 47.3 Å². The van der Waals surface area contributed by atoms with Crippen molar-refractivity contribution in [1.29, 1.82) is 0 Å². The van der Waals surface area contributed by atoms with E-state index in [0.717, 1.165) is 11.1 Å². The summed E-state index contributed by atoms with van der Waals surface area (Å²) in [5.41, 5.74) is 2.07. The molecule has 8 rings (SSSR count). The number of carbonyl (C=O) groups is 4. The van der Waals surface area contributed by atoms with Crippen LogP contribution in [0.1, 0.15) is 11.1 Å². The lowest BCUT2D eigenvalue weighted by Crippen LogP contribution is -2.63. The molecule has 4 fully saturated rings. The Labute approximate surface area is 232 Å². The lowest BCUT2D eigenvalue weighted by molar-refractivity contribution is -0.166. The second-order valence-corrected chi connectivity index (χ2v) is 11.5. The minimum atomic E-state index is -0.454. The van der Waals surface area contributed by atoms with Gasteiger partial charge in [0.2, 0.25) is 23.6 Å². The maximum absolute atomic E-state index is 13.5. The quantitative estimate of drug-likeness (QED) is 0.261. The molecule has 2 aromatic rings. The van der Waals surface area contributed by atoms with Gasteiger partial charge < -0.3 is 9.47 Å². The maximum Gasteiger partial charge on any atom is 0.233 e. The molecule has 0 aromatic heterocycles. The second-order valence-electron chi connectivity index (χ2n) is 11.5. The summed E-state index contributed by atoms with van der Waals surface area (Å²) in [7, 11) is 0. The number of ether oxygens (including phenoxy) is 2. The Balaban J connectivity index is 0.993. The van der Waals surface area contributed by atoms with Crippen molar-refractivity contribution in [3.8, 4) is 0 Å². The Morgan fingerprint density at radius 3 is 1.30 bits per heavy atom. The molecule has 8 heteroatoms. The number of hydrogen-bond acceptors (Lipinski definition) is 6. The lowest BCUT2D eigenvalue weighted by atomic mass is 9.40. The average molecular weight is 541 g/mol. The van der Waals surface area contributed by atoms with Gasteiger partial charge in [-0.2, -0.15) is 0 Å². The smallest absolute Gasteiger partial charge is 0.233 e. The SMILES string of the molecule is O=C1[C@@H]2[C@H]3C=C[C@@H]([C@@H]2C(=O)N1CCOCc1ccccc1)[C@@H]1[C@@H]2C(=O)N(CCOCc4ccccc4)C(=O)[C@@H]2[C@H]31. The molecule has 8 nitrogen and oxygen atoms in total. The number of benzene rings is 2. The van der Waals surface area contributed by atoms with E-state index in [1.165, 1.54) is 9.80 Å². The van der Waals surface area contributed by atoms with E-state index in [1.54, 1.807) is 0 Å². The van der Waals surface area contributed by atoms with Gasteiger partial charge in [-0.25, -0.2) is 0 Å². The molecule has 2 heterocycles. The van der Waals surface area contributed by atoms with Gasteiger partial charge in [0, 0.05) is 0 Å². The van der Waals surface area contributed by atoms with Crippen molar-refractivity contribution in [1.82, 2.24) is 9.80 Å². The van der Waals surface area contributed by atoms with E-state index in [9.17, 15) is 19.2 Å². The van der Waals surface area contributed by atoms with E-state index in [2.05, 4.69) is 0 Å². The van der Waals surface area contributed by atoms with Gasteiger partial charge in [-0.3, -0.25) is 29.0 Å². The van der Waals surface area contributed by atoms with E-state index in [4.69, 9.17) is 9.47 Å². The van der Waals surface area contributed by atoms with Crippen molar-refractivity contribution < 1.29 is 28.7 Å². The summed E-state index contributed by atoms with van der Waals surface area (Å²) in [5.74, 6) is -2.89. The number of allylic oxidation sites excluding steroid dienone is 2. The highest BCUT2D eigenvalue weighted by Gasteiger charge is 2.74. The van der Waals surface area contributed by atoms with Crippen LogP contribution in [0.5, 0.6) is 0 Å². The van der Waals surface area contributed by atoms with E-state index < -0.39 is 23.7 Å². The molecule has 2 aliphatic heterocycles. The molecule has 4 amide bonds. The fourth-order valence-electron chi connectivity index (χ4n) is 8.01. The first-order valence-electron chi connectivity index (χ1n) is 14.2. The number of fused-ring (bicyclic) bond motifs is 1. The summed E-state index contributed by atoms with van der Waals surface area (Å²) in [6, 6.07) is 19.5. The molecular weight excluding hydrogens is 508 g/mol. The zero-order chi connectivity index (χ0) is 27.4. The van der Waals surface area contributed by atoms with Gasteiger partial charge in [-0.1, -0.05) is 72.8 Å². The predicted molar refractivity (Wildman–Crippen MR) is 143 cm³/mol. The minimum Gasteiger partial charge on any atom is -0.375 e. The third kappa shape index (κ3) is 3.88. The number of nitrogens with zero attached hydrogens (tertiary/aromatic N) is 2. The minimum absolute atomic E-state index is 0.0704. The van der Waals surface area contributed by atoms with Gasteiger partial charge in [0.15, 0.2) is 0 Å². The molecule has 206 valence electrons. The lowest BCUT2D eigenvalue weighted by Gasteiger charge is -2.60. The predicted octanol–water partition coefficient (Wildman–Crippen LogP) is 2.68. The van der Waals surface area contributed by atoms with E-state index in [0.29, 0.717) is 13.2 Å². The zero-order valence-corrected chi connectivity index (χ0v) is 22.1. The first kappa shape index (κ1) is 25.4. The largest absolute Gasteiger partial charge is 0.375 e. The first-order valence-corrected chi connectivity index (χ1v) is 14.2. The Hall–Kier alpha value is -3.62. The van der Waals surface area contributed by atoms with Crippen molar-refractivity contribution in [3.63, 3.8) is 0 Å². The normalized spacial score (nSPS) is 33.3. The number of imide groups is 2. The summed E-state index contributed by atoms with van der Waals surface area (Å²) in [4.78, 5) is 56.6. The molecule has 2 bridgehead atoms. The van der Waals surface area contributed by atoms with Crippen LogP contribution < -0.4 is 0 Å². The first-order chi connectivity index (χ1) is 19.6. The molecule has 0 radical (unpaired) electrons. The van der Waals surface area contributed by atoms with Crippen LogP contribution in [0.4, 0.5) is 0 Å². The topological polar surface area (TPSA) is 93.2 Å². The maximum atomic E-state index is 13.5. The second kappa shape index (κ2) is 10.1.